The van der Waals surface area contributed by atoms with E-state index in [2.05, 4.69) is 15.5 Å². The molecule has 1 saturated heterocycles. The third-order valence-electron chi connectivity index (χ3n) is 4.30. The first-order valence-corrected chi connectivity index (χ1v) is 9.99. The lowest BCUT2D eigenvalue weighted by Crippen LogP contribution is -3.12. The largest absolute Gasteiger partial charge is 0.495 e. The average Bonchev–Trinajstić information content (AvgIpc) is 3.01. The fourth-order valence-corrected chi connectivity index (χ4v) is 3.68. The summed E-state index contributed by atoms with van der Waals surface area (Å²) in [7, 11) is 3.47. The number of ether oxygens (including phenoxy) is 2. The standard InChI is InChI=1S/C17H22ClN5O3S/c1-22-15(10-23-5-7-26-8-6-23)20-21-17(22)27-11-16(24)19-13-9-12(18)3-4-14(13)25-2/h3-4,9H,5-8,10-11H2,1-2H3,(H,19,24)/p+1. The molecule has 0 atom stereocenters. The van der Waals surface area contributed by atoms with E-state index in [-0.39, 0.29) is 11.7 Å². The normalized spacial score (nSPS) is 14.9. The highest BCUT2D eigenvalue weighted by atomic mass is 35.5. The van der Waals surface area contributed by atoms with Crippen molar-refractivity contribution in [2.75, 3.05) is 44.5 Å². The number of aromatic nitrogens is 3. The molecule has 0 spiro atoms. The van der Waals surface area contributed by atoms with Crippen LogP contribution in [-0.2, 0) is 23.1 Å². The fourth-order valence-electron chi connectivity index (χ4n) is 2.78. The zero-order chi connectivity index (χ0) is 19.2. The molecule has 8 nitrogen and oxygen atoms in total. The number of carbonyl (C=O) groups is 1. The van der Waals surface area contributed by atoms with Crippen LogP contribution in [0.1, 0.15) is 5.82 Å². The highest BCUT2D eigenvalue weighted by Gasteiger charge is 2.19. The maximum atomic E-state index is 12.3. The first-order chi connectivity index (χ1) is 13.1. The molecule has 10 heteroatoms. The number of hydrogen-bond donors (Lipinski definition) is 2. The van der Waals surface area contributed by atoms with Gasteiger partial charge in [-0.2, -0.15) is 0 Å². The van der Waals surface area contributed by atoms with E-state index in [9.17, 15) is 4.79 Å². The molecule has 27 heavy (non-hydrogen) atoms. The quantitative estimate of drug-likeness (QED) is 0.649. The van der Waals surface area contributed by atoms with E-state index in [1.54, 1.807) is 25.3 Å². The SMILES string of the molecule is COc1ccc(Cl)cc1NC(=O)CSc1nnc(C[NH+]2CCOCC2)n1C. The molecule has 2 N–H and O–H groups in total. The lowest BCUT2D eigenvalue weighted by molar-refractivity contribution is -0.922. The van der Waals surface area contributed by atoms with Crippen molar-refractivity contribution >= 4 is 35.0 Å². The van der Waals surface area contributed by atoms with Crippen LogP contribution in [0.5, 0.6) is 5.75 Å². The van der Waals surface area contributed by atoms with Crippen molar-refractivity contribution < 1.29 is 19.2 Å². The van der Waals surface area contributed by atoms with E-state index < -0.39 is 0 Å². The molecule has 3 rings (SSSR count). The van der Waals surface area contributed by atoms with Crippen LogP contribution in [0.15, 0.2) is 23.4 Å². The maximum Gasteiger partial charge on any atom is 0.234 e. The number of anilines is 1. The van der Waals surface area contributed by atoms with Gasteiger partial charge in [-0.3, -0.25) is 4.79 Å². The lowest BCUT2D eigenvalue weighted by Gasteiger charge is -2.23. The van der Waals surface area contributed by atoms with Crippen LogP contribution < -0.4 is 15.0 Å². The Morgan fingerprint density at radius 3 is 2.93 bits per heavy atom. The van der Waals surface area contributed by atoms with Crippen LogP contribution in [-0.4, -0.2) is 59.8 Å². The molecule has 1 amide bonds. The van der Waals surface area contributed by atoms with Gasteiger partial charge in [0.2, 0.25) is 5.91 Å². The number of halogens is 1. The smallest absolute Gasteiger partial charge is 0.234 e. The number of amides is 1. The number of rotatable bonds is 7. The summed E-state index contributed by atoms with van der Waals surface area (Å²) in [6.07, 6.45) is 0. The Hall–Kier alpha value is -1.81. The Bertz CT molecular complexity index is 795. The second-order valence-corrected chi connectivity index (χ2v) is 7.56. The minimum Gasteiger partial charge on any atom is -0.495 e. The summed E-state index contributed by atoms with van der Waals surface area (Å²) < 4.78 is 12.6. The molecule has 0 bridgehead atoms. The van der Waals surface area contributed by atoms with Crippen LogP contribution in [0.2, 0.25) is 5.02 Å². The Kier molecular flexibility index (Phi) is 6.95. The van der Waals surface area contributed by atoms with Crippen LogP contribution >= 0.6 is 23.4 Å². The van der Waals surface area contributed by atoms with E-state index in [1.807, 2.05) is 11.6 Å². The molecule has 1 fully saturated rings. The van der Waals surface area contributed by atoms with E-state index in [4.69, 9.17) is 21.1 Å². The van der Waals surface area contributed by atoms with Gasteiger partial charge >= 0.3 is 0 Å². The van der Waals surface area contributed by atoms with Gasteiger partial charge in [0.05, 0.1) is 31.8 Å². The van der Waals surface area contributed by atoms with Gasteiger partial charge in [-0.15, -0.1) is 10.2 Å². The van der Waals surface area contributed by atoms with Crippen molar-refractivity contribution in [2.24, 2.45) is 7.05 Å². The number of methoxy groups -OCH3 is 1. The number of nitrogens with zero attached hydrogens (tertiary/aromatic N) is 3. The zero-order valence-corrected chi connectivity index (χ0v) is 16.9. The zero-order valence-electron chi connectivity index (χ0n) is 15.3. The van der Waals surface area contributed by atoms with E-state index in [1.165, 1.54) is 16.7 Å². The fraction of sp³-hybridized carbons (Fsp3) is 0.471. The van der Waals surface area contributed by atoms with Gasteiger partial charge in [0, 0.05) is 12.1 Å². The molecule has 1 aliphatic rings. The monoisotopic (exact) mass is 412 g/mol. The number of thioether (sulfide) groups is 1. The van der Waals surface area contributed by atoms with Gasteiger partial charge in [-0.1, -0.05) is 23.4 Å². The summed E-state index contributed by atoms with van der Waals surface area (Å²) in [5, 5.41) is 12.5. The molecule has 1 aliphatic heterocycles. The van der Waals surface area contributed by atoms with Crippen LogP contribution in [0.25, 0.3) is 0 Å². The molecule has 0 saturated carbocycles. The maximum absolute atomic E-state index is 12.3. The molecule has 2 heterocycles. The number of carbonyl (C=O) groups excluding carboxylic acids is 1. The van der Waals surface area contributed by atoms with Gasteiger partial charge in [0.15, 0.2) is 11.0 Å². The molecular weight excluding hydrogens is 390 g/mol. The van der Waals surface area contributed by atoms with E-state index in [0.717, 1.165) is 38.7 Å². The molecule has 146 valence electrons. The summed E-state index contributed by atoms with van der Waals surface area (Å²) in [5.41, 5.74) is 0.546. The highest BCUT2D eigenvalue weighted by molar-refractivity contribution is 7.99. The molecule has 1 aromatic heterocycles. The lowest BCUT2D eigenvalue weighted by atomic mass is 10.3. The van der Waals surface area contributed by atoms with Crippen molar-refractivity contribution in [3.05, 3.63) is 29.0 Å². The summed E-state index contributed by atoms with van der Waals surface area (Å²) in [5.74, 6) is 1.52. The third-order valence-corrected chi connectivity index (χ3v) is 5.56. The predicted octanol–water partition coefficient (Wildman–Crippen LogP) is 0.623. The van der Waals surface area contributed by atoms with Crippen molar-refractivity contribution in [3.8, 4) is 5.75 Å². The highest BCUT2D eigenvalue weighted by Crippen LogP contribution is 2.28. The van der Waals surface area contributed by atoms with Crippen LogP contribution in [0, 0.1) is 0 Å². The minimum atomic E-state index is -0.163. The van der Waals surface area contributed by atoms with Gasteiger partial charge in [0.1, 0.15) is 25.4 Å². The Morgan fingerprint density at radius 2 is 2.19 bits per heavy atom. The topological polar surface area (TPSA) is 82.7 Å². The second kappa shape index (κ2) is 9.41. The van der Waals surface area contributed by atoms with Gasteiger partial charge in [-0.25, -0.2) is 0 Å². The average molecular weight is 413 g/mol. The minimum absolute atomic E-state index is 0.163. The van der Waals surface area contributed by atoms with Crippen molar-refractivity contribution in [3.63, 3.8) is 0 Å². The Morgan fingerprint density at radius 1 is 1.41 bits per heavy atom. The first-order valence-electron chi connectivity index (χ1n) is 8.62. The van der Waals surface area contributed by atoms with Crippen molar-refractivity contribution in [1.82, 2.24) is 14.8 Å². The summed E-state index contributed by atoms with van der Waals surface area (Å²) in [6, 6.07) is 5.09. The number of nitrogens with one attached hydrogen (secondary N) is 2. The Labute approximate surface area is 167 Å². The number of benzene rings is 1. The molecule has 0 radical (unpaired) electrons. The summed E-state index contributed by atoms with van der Waals surface area (Å²) in [6.45, 7) is 4.31. The Balaban J connectivity index is 1.55. The number of quaternary nitrogens is 1. The molecule has 0 aliphatic carbocycles. The van der Waals surface area contributed by atoms with E-state index in [0.29, 0.717) is 21.6 Å². The molecule has 2 aromatic rings. The van der Waals surface area contributed by atoms with Crippen molar-refractivity contribution in [2.45, 2.75) is 11.7 Å². The summed E-state index contributed by atoms with van der Waals surface area (Å²) >= 11 is 7.33. The second-order valence-electron chi connectivity index (χ2n) is 6.18. The van der Waals surface area contributed by atoms with Gasteiger partial charge < -0.3 is 24.3 Å². The first kappa shape index (κ1) is 19.9. The molecular formula is C17H23ClN5O3S+. The molecule has 0 unspecified atom stereocenters. The van der Waals surface area contributed by atoms with Crippen LogP contribution in [0.4, 0.5) is 5.69 Å². The van der Waals surface area contributed by atoms with Gasteiger partial charge in [-0.05, 0) is 18.2 Å². The predicted molar refractivity (Wildman–Crippen MR) is 104 cm³/mol. The number of hydrogen-bond acceptors (Lipinski definition) is 6. The van der Waals surface area contributed by atoms with Gasteiger partial charge in [0.25, 0.3) is 0 Å². The summed E-state index contributed by atoms with van der Waals surface area (Å²) in [4.78, 5) is 13.7. The molecule has 1 aromatic carbocycles. The van der Waals surface area contributed by atoms with E-state index >= 15 is 0 Å². The third kappa shape index (κ3) is 5.35. The number of morpholine rings is 1. The van der Waals surface area contributed by atoms with Crippen molar-refractivity contribution in [1.29, 1.82) is 0 Å². The van der Waals surface area contributed by atoms with Crippen LogP contribution in [0.3, 0.4) is 0 Å².